The standard InChI is InChI=1S/C13H15N3O4S2/c1-9(6-20-8-17)12-13(21-7-15-12)16-10-3-2-4-11(5-10)22(14,18)19/h2-5,7-9,16H,6H2,1H3,(H2,14,18,19). The van der Waals surface area contributed by atoms with Gasteiger partial charge in [0.2, 0.25) is 10.0 Å². The largest absolute Gasteiger partial charge is 0.467 e. The molecule has 0 aliphatic carbocycles. The Hall–Kier alpha value is -1.97. The van der Waals surface area contributed by atoms with Crippen LogP contribution in [0, 0.1) is 0 Å². The van der Waals surface area contributed by atoms with Gasteiger partial charge in [0.15, 0.2) is 0 Å². The Kier molecular flexibility index (Phi) is 5.11. The number of nitrogens with two attached hydrogens (primary N) is 1. The molecule has 7 nitrogen and oxygen atoms in total. The van der Waals surface area contributed by atoms with Crippen molar-refractivity contribution in [3.63, 3.8) is 0 Å². The SMILES string of the molecule is CC(COC=O)c1ncsc1Nc1cccc(S(N)(=O)=O)c1. The van der Waals surface area contributed by atoms with E-state index in [1.165, 1.54) is 23.5 Å². The van der Waals surface area contributed by atoms with E-state index >= 15 is 0 Å². The van der Waals surface area contributed by atoms with Crippen LogP contribution in [0.2, 0.25) is 0 Å². The van der Waals surface area contributed by atoms with Crippen molar-refractivity contribution in [1.29, 1.82) is 0 Å². The predicted molar refractivity (Wildman–Crippen MR) is 83.6 cm³/mol. The second-order valence-electron chi connectivity index (χ2n) is 4.60. The van der Waals surface area contributed by atoms with E-state index in [-0.39, 0.29) is 17.4 Å². The minimum Gasteiger partial charge on any atom is -0.467 e. The number of primary sulfonamides is 1. The highest BCUT2D eigenvalue weighted by Crippen LogP contribution is 2.30. The van der Waals surface area contributed by atoms with E-state index < -0.39 is 10.0 Å². The summed E-state index contributed by atoms with van der Waals surface area (Å²) in [6.07, 6.45) is 0. The predicted octanol–water partition coefficient (Wildman–Crippen LogP) is 1.81. The lowest BCUT2D eigenvalue weighted by atomic mass is 10.1. The molecule has 1 unspecified atom stereocenters. The molecule has 0 saturated carbocycles. The van der Waals surface area contributed by atoms with Gasteiger partial charge in [-0.15, -0.1) is 11.3 Å². The molecule has 0 saturated heterocycles. The first-order valence-corrected chi connectivity index (χ1v) is 8.73. The zero-order valence-corrected chi connectivity index (χ0v) is 13.4. The van der Waals surface area contributed by atoms with Crippen LogP contribution in [0.25, 0.3) is 0 Å². The molecule has 0 aliphatic rings. The van der Waals surface area contributed by atoms with Gasteiger partial charge >= 0.3 is 0 Å². The van der Waals surface area contributed by atoms with Crippen LogP contribution in [0.3, 0.4) is 0 Å². The van der Waals surface area contributed by atoms with Crippen molar-refractivity contribution in [3.8, 4) is 0 Å². The van der Waals surface area contributed by atoms with Crippen LogP contribution in [0.15, 0.2) is 34.7 Å². The molecule has 0 aliphatic heterocycles. The first-order valence-electron chi connectivity index (χ1n) is 6.30. The van der Waals surface area contributed by atoms with Gasteiger partial charge in [0.25, 0.3) is 6.47 Å². The Morgan fingerprint density at radius 2 is 2.27 bits per heavy atom. The fourth-order valence-corrected chi connectivity index (χ4v) is 3.23. The Labute approximate surface area is 132 Å². The molecular formula is C13H15N3O4S2. The van der Waals surface area contributed by atoms with Crippen LogP contribution in [0.1, 0.15) is 18.5 Å². The van der Waals surface area contributed by atoms with E-state index in [0.29, 0.717) is 12.2 Å². The highest BCUT2D eigenvalue weighted by molar-refractivity contribution is 7.89. The third-order valence-electron chi connectivity index (χ3n) is 2.90. The number of hydrogen-bond acceptors (Lipinski definition) is 7. The highest BCUT2D eigenvalue weighted by atomic mass is 32.2. The Balaban J connectivity index is 2.22. The zero-order valence-electron chi connectivity index (χ0n) is 11.7. The van der Waals surface area contributed by atoms with E-state index in [1.807, 2.05) is 6.92 Å². The molecule has 0 radical (unpaired) electrons. The van der Waals surface area contributed by atoms with E-state index in [2.05, 4.69) is 10.3 Å². The van der Waals surface area contributed by atoms with Crippen LogP contribution < -0.4 is 10.5 Å². The summed E-state index contributed by atoms with van der Waals surface area (Å²) in [4.78, 5) is 14.5. The molecule has 2 aromatic rings. The molecule has 1 heterocycles. The monoisotopic (exact) mass is 341 g/mol. The molecule has 0 fully saturated rings. The summed E-state index contributed by atoms with van der Waals surface area (Å²) in [5.41, 5.74) is 2.99. The lowest BCUT2D eigenvalue weighted by Crippen LogP contribution is -2.12. The van der Waals surface area contributed by atoms with Gasteiger partial charge < -0.3 is 10.1 Å². The maximum atomic E-state index is 11.4. The fraction of sp³-hybridized carbons (Fsp3) is 0.231. The van der Waals surface area contributed by atoms with Crippen LogP contribution in [0.5, 0.6) is 0 Å². The third kappa shape index (κ3) is 4.03. The highest BCUT2D eigenvalue weighted by Gasteiger charge is 2.15. The summed E-state index contributed by atoms with van der Waals surface area (Å²) in [7, 11) is -3.75. The first-order chi connectivity index (χ1) is 10.4. The second kappa shape index (κ2) is 6.86. The minimum absolute atomic E-state index is 0.0286. The summed E-state index contributed by atoms with van der Waals surface area (Å²) in [6.45, 7) is 2.50. The normalized spacial score (nSPS) is 12.6. The van der Waals surface area contributed by atoms with Crippen LogP contribution >= 0.6 is 11.3 Å². The average Bonchev–Trinajstić information content (AvgIpc) is 2.92. The number of hydrogen-bond donors (Lipinski definition) is 2. The number of nitrogens with one attached hydrogen (secondary N) is 1. The first kappa shape index (κ1) is 16.4. The summed E-state index contributed by atoms with van der Waals surface area (Å²) >= 11 is 1.37. The number of nitrogens with zero attached hydrogens (tertiary/aromatic N) is 1. The fourth-order valence-electron chi connectivity index (χ4n) is 1.84. The summed E-state index contributed by atoms with van der Waals surface area (Å²) < 4.78 is 27.5. The van der Waals surface area contributed by atoms with Crippen molar-refractivity contribution in [2.75, 3.05) is 11.9 Å². The van der Waals surface area contributed by atoms with Gasteiger partial charge in [0.05, 0.1) is 22.7 Å². The molecule has 0 bridgehead atoms. The lowest BCUT2D eigenvalue weighted by Gasteiger charge is -2.12. The minimum atomic E-state index is -3.75. The van der Waals surface area contributed by atoms with Gasteiger partial charge in [-0.05, 0) is 18.2 Å². The molecule has 1 aromatic heterocycles. The maximum Gasteiger partial charge on any atom is 0.293 e. The summed E-state index contributed by atoms with van der Waals surface area (Å²) in [6, 6.07) is 6.20. The number of anilines is 2. The number of sulfonamides is 1. The maximum absolute atomic E-state index is 11.4. The Morgan fingerprint density at radius 1 is 1.50 bits per heavy atom. The van der Waals surface area contributed by atoms with Gasteiger partial charge in [-0.1, -0.05) is 13.0 Å². The molecule has 2 rings (SSSR count). The van der Waals surface area contributed by atoms with Gasteiger partial charge in [-0.3, -0.25) is 4.79 Å². The molecule has 9 heteroatoms. The smallest absolute Gasteiger partial charge is 0.293 e. The molecule has 22 heavy (non-hydrogen) atoms. The second-order valence-corrected chi connectivity index (χ2v) is 7.01. The number of rotatable bonds is 7. The molecule has 0 spiro atoms. The zero-order chi connectivity index (χ0) is 16.2. The lowest BCUT2D eigenvalue weighted by molar-refractivity contribution is -0.129. The quantitative estimate of drug-likeness (QED) is 0.743. The van der Waals surface area contributed by atoms with E-state index in [9.17, 15) is 13.2 Å². The van der Waals surface area contributed by atoms with Gasteiger partial charge in [-0.25, -0.2) is 18.5 Å². The van der Waals surface area contributed by atoms with Crippen molar-refractivity contribution in [3.05, 3.63) is 35.5 Å². The molecular weight excluding hydrogens is 326 g/mol. The number of ether oxygens (including phenoxy) is 1. The number of carbonyl (C=O) groups excluding carboxylic acids is 1. The van der Waals surface area contributed by atoms with Crippen molar-refractivity contribution in [2.45, 2.75) is 17.7 Å². The molecule has 3 N–H and O–H groups in total. The van der Waals surface area contributed by atoms with Crippen molar-refractivity contribution >= 4 is 38.5 Å². The van der Waals surface area contributed by atoms with Gasteiger partial charge in [-0.2, -0.15) is 0 Å². The van der Waals surface area contributed by atoms with Crippen LogP contribution in [-0.4, -0.2) is 26.5 Å². The van der Waals surface area contributed by atoms with E-state index in [4.69, 9.17) is 9.88 Å². The number of carbonyl (C=O) groups is 1. The van der Waals surface area contributed by atoms with Crippen molar-refractivity contribution in [1.82, 2.24) is 4.98 Å². The Bertz CT molecular complexity index is 758. The number of thiazole rings is 1. The van der Waals surface area contributed by atoms with Gasteiger partial charge in [0, 0.05) is 11.6 Å². The summed E-state index contributed by atoms with van der Waals surface area (Å²) in [5, 5.41) is 8.99. The van der Waals surface area contributed by atoms with E-state index in [1.54, 1.807) is 17.6 Å². The molecule has 118 valence electrons. The van der Waals surface area contributed by atoms with Crippen LogP contribution in [0.4, 0.5) is 10.7 Å². The molecule has 1 atom stereocenters. The topological polar surface area (TPSA) is 111 Å². The number of aromatic nitrogens is 1. The summed E-state index contributed by atoms with van der Waals surface area (Å²) in [5.74, 6) is -0.0830. The third-order valence-corrected chi connectivity index (χ3v) is 4.57. The van der Waals surface area contributed by atoms with Crippen molar-refractivity contribution < 1.29 is 17.9 Å². The van der Waals surface area contributed by atoms with Crippen LogP contribution in [-0.2, 0) is 19.6 Å². The Morgan fingerprint density at radius 3 is 2.95 bits per heavy atom. The van der Waals surface area contributed by atoms with Crippen molar-refractivity contribution in [2.24, 2.45) is 5.14 Å². The van der Waals surface area contributed by atoms with E-state index in [0.717, 1.165) is 10.7 Å². The number of benzene rings is 1. The average molecular weight is 341 g/mol. The molecule has 1 aromatic carbocycles. The molecule has 0 amide bonds. The van der Waals surface area contributed by atoms with Gasteiger partial charge in [0.1, 0.15) is 5.00 Å².